The molecule has 0 aromatic heterocycles. The van der Waals surface area contributed by atoms with E-state index in [9.17, 15) is 0 Å². The molecule has 0 heterocycles. The van der Waals surface area contributed by atoms with Crippen molar-refractivity contribution in [1.29, 1.82) is 10.8 Å². The van der Waals surface area contributed by atoms with E-state index in [1.54, 1.807) is 0 Å². The molecule has 0 saturated heterocycles. The second-order valence-corrected chi connectivity index (χ2v) is 0.911. The largest absolute Gasteiger partial charge is 0.231 e. The van der Waals surface area contributed by atoms with E-state index in [0.717, 1.165) is 12.2 Å². The van der Waals surface area contributed by atoms with Gasteiger partial charge in [-0.15, -0.1) is 0 Å². The van der Waals surface area contributed by atoms with E-state index >= 15 is 0 Å². The first-order valence-electron chi connectivity index (χ1n) is 2.32. The SMILES string of the molecule is CCC.N=C=O.N=C=O. The molecule has 0 aliphatic heterocycles. The topological polar surface area (TPSA) is 81.8 Å². The summed E-state index contributed by atoms with van der Waals surface area (Å²) in [6, 6.07) is 0. The van der Waals surface area contributed by atoms with E-state index in [1.165, 1.54) is 6.42 Å². The lowest BCUT2D eigenvalue weighted by Gasteiger charge is -1.48. The van der Waals surface area contributed by atoms with Gasteiger partial charge in [-0.3, -0.25) is 0 Å². The number of isocyanates is 2. The van der Waals surface area contributed by atoms with Crippen molar-refractivity contribution < 1.29 is 9.59 Å². The van der Waals surface area contributed by atoms with Gasteiger partial charge >= 0.3 is 0 Å². The Hall–Kier alpha value is -1.24. The minimum atomic E-state index is 0.750. The van der Waals surface area contributed by atoms with Crippen molar-refractivity contribution in [2.24, 2.45) is 0 Å². The fourth-order valence-corrected chi connectivity index (χ4v) is 0. The monoisotopic (exact) mass is 130 g/mol. The summed E-state index contributed by atoms with van der Waals surface area (Å²) in [6.45, 7) is 4.25. The van der Waals surface area contributed by atoms with Crippen molar-refractivity contribution in [3.05, 3.63) is 0 Å². The maximum atomic E-state index is 8.35. The molecular formula is C5H10N2O2. The van der Waals surface area contributed by atoms with Crippen molar-refractivity contribution in [3.63, 3.8) is 0 Å². The minimum Gasteiger partial charge on any atom is -0.222 e. The number of carbonyl (C=O) groups excluding carboxylic acids is 2. The molecule has 9 heavy (non-hydrogen) atoms. The van der Waals surface area contributed by atoms with Crippen LogP contribution in [0.3, 0.4) is 0 Å². The Bertz CT molecular complexity index is 77.1. The highest BCUT2D eigenvalue weighted by atomic mass is 16.1. The normalized spacial score (nSPS) is 3.78. The van der Waals surface area contributed by atoms with Crippen LogP contribution in [0.15, 0.2) is 0 Å². The Kier molecular flexibility index (Phi) is 126. The van der Waals surface area contributed by atoms with Gasteiger partial charge in [-0.1, -0.05) is 20.3 Å². The fourth-order valence-electron chi connectivity index (χ4n) is 0. The van der Waals surface area contributed by atoms with Crippen LogP contribution < -0.4 is 0 Å². The van der Waals surface area contributed by atoms with Gasteiger partial charge < -0.3 is 0 Å². The first-order valence-corrected chi connectivity index (χ1v) is 2.32. The van der Waals surface area contributed by atoms with Crippen LogP contribution >= 0.6 is 0 Å². The van der Waals surface area contributed by atoms with Crippen LogP contribution in [0.1, 0.15) is 20.3 Å². The van der Waals surface area contributed by atoms with Crippen LogP contribution in [0, 0.1) is 10.8 Å². The van der Waals surface area contributed by atoms with Crippen LogP contribution in [0.5, 0.6) is 0 Å². The summed E-state index contributed by atoms with van der Waals surface area (Å²) in [5, 5.41) is 10.8. The van der Waals surface area contributed by atoms with E-state index in [1.807, 2.05) is 0 Å². The lowest BCUT2D eigenvalue weighted by atomic mass is 10.6. The van der Waals surface area contributed by atoms with E-state index in [0.29, 0.717) is 0 Å². The molecule has 0 aromatic carbocycles. The lowest BCUT2D eigenvalue weighted by Crippen LogP contribution is -1.27. The molecule has 0 amide bonds. The molecule has 0 unspecified atom stereocenters. The Labute approximate surface area is 53.9 Å². The Balaban J connectivity index is -0.0000000600. The number of rotatable bonds is 0. The average molecular weight is 130 g/mol. The summed E-state index contributed by atoms with van der Waals surface area (Å²) in [5.74, 6) is 0. The number of hydrogen-bond acceptors (Lipinski definition) is 4. The predicted octanol–water partition coefficient (Wildman–Crippen LogP) is 1.22. The van der Waals surface area contributed by atoms with Crippen molar-refractivity contribution in [3.8, 4) is 0 Å². The molecule has 2 N–H and O–H groups in total. The van der Waals surface area contributed by atoms with E-state index < -0.39 is 0 Å². The third kappa shape index (κ3) is 99.6. The first kappa shape index (κ1) is 15.7. The van der Waals surface area contributed by atoms with Crippen molar-refractivity contribution in [2.75, 3.05) is 0 Å². The summed E-state index contributed by atoms with van der Waals surface area (Å²) in [4.78, 5) is 16.7. The second kappa shape index (κ2) is 72.4. The minimum absolute atomic E-state index is 0.750. The molecule has 0 fully saturated rings. The first-order chi connectivity index (χ1) is 4.24. The lowest BCUT2D eigenvalue weighted by molar-refractivity contribution is 0.562. The highest BCUT2D eigenvalue weighted by Gasteiger charge is 1.35. The quantitative estimate of drug-likeness (QED) is 0.381. The van der Waals surface area contributed by atoms with Crippen LogP contribution in [0.2, 0.25) is 0 Å². The van der Waals surface area contributed by atoms with Gasteiger partial charge in [0.25, 0.3) is 0 Å². The molecule has 0 bridgehead atoms. The second-order valence-electron chi connectivity index (χ2n) is 0.911. The standard InChI is InChI=1S/C3H8.2CHNO/c1-3-2;2*2-1-3/h3H2,1-2H3;2*2H. The zero-order chi connectivity index (χ0) is 8.12. The number of hydrogen-bond donors (Lipinski definition) is 2. The maximum absolute atomic E-state index is 8.35. The zero-order valence-corrected chi connectivity index (χ0v) is 5.52. The van der Waals surface area contributed by atoms with Gasteiger partial charge in [0.1, 0.15) is 0 Å². The smallest absolute Gasteiger partial charge is 0.222 e. The third-order valence-corrected chi connectivity index (χ3v) is 0. The van der Waals surface area contributed by atoms with Gasteiger partial charge in [0.15, 0.2) is 0 Å². The van der Waals surface area contributed by atoms with Gasteiger partial charge in [0.2, 0.25) is 12.2 Å². The molecule has 0 aliphatic carbocycles. The predicted molar refractivity (Wildman–Crippen MR) is 32.8 cm³/mol. The van der Waals surface area contributed by atoms with Crippen LogP contribution in [-0.4, -0.2) is 12.2 Å². The maximum Gasteiger partial charge on any atom is 0.231 e. The molecule has 0 rings (SSSR count). The van der Waals surface area contributed by atoms with Gasteiger partial charge in [-0.05, 0) is 0 Å². The van der Waals surface area contributed by atoms with Crippen molar-refractivity contribution >= 4 is 12.2 Å². The van der Waals surface area contributed by atoms with Crippen LogP contribution in [0.25, 0.3) is 0 Å². The third-order valence-electron chi connectivity index (χ3n) is 0. The summed E-state index contributed by atoms with van der Waals surface area (Å²) in [7, 11) is 0. The van der Waals surface area contributed by atoms with E-state index in [2.05, 4.69) is 13.8 Å². The molecule has 0 radical (unpaired) electrons. The summed E-state index contributed by atoms with van der Waals surface area (Å²) in [6.07, 6.45) is 2.75. The highest BCUT2D eigenvalue weighted by molar-refractivity contribution is 5.26. The summed E-state index contributed by atoms with van der Waals surface area (Å²) >= 11 is 0. The summed E-state index contributed by atoms with van der Waals surface area (Å²) < 4.78 is 0. The van der Waals surface area contributed by atoms with Gasteiger partial charge in [0, 0.05) is 0 Å². The van der Waals surface area contributed by atoms with Gasteiger partial charge in [0.05, 0.1) is 0 Å². The molecule has 4 heteroatoms. The fraction of sp³-hybridized carbons (Fsp3) is 0.600. The molecule has 4 nitrogen and oxygen atoms in total. The molecule has 0 atom stereocenters. The molecule has 0 aromatic rings. The molecule has 0 aliphatic rings. The Morgan fingerprint density at radius 3 is 1.11 bits per heavy atom. The van der Waals surface area contributed by atoms with Crippen LogP contribution in [0.4, 0.5) is 0 Å². The Morgan fingerprint density at radius 2 is 1.11 bits per heavy atom. The Morgan fingerprint density at radius 1 is 1.11 bits per heavy atom. The van der Waals surface area contributed by atoms with Crippen molar-refractivity contribution in [1.82, 2.24) is 0 Å². The van der Waals surface area contributed by atoms with E-state index in [4.69, 9.17) is 20.4 Å². The van der Waals surface area contributed by atoms with Gasteiger partial charge in [-0.2, -0.15) is 0 Å². The van der Waals surface area contributed by atoms with Gasteiger partial charge in [-0.25, -0.2) is 20.4 Å². The average Bonchev–Trinajstić information content (AvgIpc) is 1.70. The molecule has 52 valence electrons. The molecular weight excluding hydrogens is 120 g/mol. The number of nitrogens with one attached hydrogen (secondary N) is 2. The molecule has 0 spiro atoms. The zero-order valence-electron chi connectivity index (χ0n) is 5.52. The van der Waals surface area contributed by atoms with Crippen LogP contribution in [-0.2, 0) is 9.59 Å². The summed E-state index contributed by atoms with van der Waals surface area (Å²) in [5.41, 5.74) is 0. The van der Waals surface area contributed by atoms with Crippen molar-refractivity contribution in [2.45, 2.75) is 20.3 Å². The highest BCUT2D eigenvalue weighted by Crippen LogP contribution is 1.56. The molecule has 0 saturated carbocycles. The van der Waals surface area contributed by atoms with E-state index in [-0.39, 0.29) is 0 Å².